The minimum absolute atomic E-state index is 0.0815. The molecule has 0 atom stereocenters. The molecule has 0 saturated heterocycles. The van der Waals surface area contributed by atoms with Gasteiger partial charge in [-0.2, -0.15) is 10.5 Å². The van der Waals surface area contributed by atoms with Crippen molar-refractivity contribution in [2.75, 3.05) is 6.61 Å². The van der Waals surface area contributed by atoms with Crippen LogP contribution < -0.4 is 0 Å². The fraction of sp³-hybridized carbons (Fsp3) is 0.154. The summed E-state index contributed by atoms with van der Waals surface area (Å²) in [6.07, 6.45) is 1.40. The summed E-state index contributed by atoms with van der Waals surface area (Å²) in [5.74, 6) is -0.655. The Bertz CT molecular complexity index is 533. The average Bonchev–Trinajstić information content (AvgIpc) is 2.36. The predicted molar refractivity (Wildman–Crippen MR) is 61.4 cm³/mol. The molecule has 0 aliphatic carbocycles. The first-order valence-corrected chi connectivity index (χ1v) is 5.00. The number of hydrogen-bond donors (Lipinski definition) is 0. The third kappa shape index (κ3) is 3.48. The lowest BCUT2D eigenvalue weighted by Crippen LogP contribution is -2.05. The van der Waals surface area contributed by atoms with Crippen molar-refractivity contribution in [1.29, 1.82) is 10.5 Å². The van der Waals surface area contributed by atoms with Gasteiger partial charge >= 0.3 is 5.97 Å². The second-order valence-electron chi connectivity index (χ2n) is 3.13. The van der Waals surface area contributed by atoms with Gasteiger partial charge in [0.1, 0.15) is 11.6 Å². The zero-order chi connectivity index (χ0) is 12.7. The second-order valence-corrected chi connectivity index (χ2v) is 3.13. The molecule has 1 aromatic rings. The van der Waals surface area contributed by atoms with Crippen LogP contribution >= 0.6 is 0 Å². The van der Waals surface area contributed by atoms with Crippen LogP contribution in [0, 0.1) is 22.7 Å². The van der Waals surface area contributed by atoms with Crippen molar-refractivity contribution in [2.24, 2.45) is 0 Å². The molecule has 1 rings (SSSR count). The highest BCUT2D eigenvalue weighted by Crippen LogP contribution is 2.10. The Hall–Kier alpha value is -2.59. The van der Waals surface area contributed by atoms with E-state index in [1.807, 2.05) is 6.07 Å². The smallest absolute Gasteiger partial charge is 0.348 e. The van der Waals surface area contributed by atoms with Gasteiger partial charge in [0.05, 0.1) is 18.2 Å². The van der Waals surface area contributed by atoms with Gasteiger partial charge in [-0.15, -0.1) is 0 Å². The lowest BCUT2D eigenvalue weighted by molar-refractivity contribution is -0.137. The minimum Gasteiger partial charge on any atom is -0.462 e. The van der Waals surface area contributed by atoms with Gasteiger partial charge in [0.2, 0.25) is 0 Å². The quantitative estimate of drug-likeness (QED) is 0.449. The van der Waals surface area contributed by atoms with Crippen LogP contribution in [0.5, 0.6) is 0 Å². The van der Waals surface area contributed by atoms with Crippen LogP contribution in [-0.4, -0.2) is 12.6 Å². The molecular formula is C13H10N2O2. The van der Waals surface area contributed by atoms with Crippen LogP contribution in [0.15, 0.2) is 29.8 Å². The van der Waals surface area contributed by atoms with Gasteiger partial charge in [0.15, 0.2) is 0 Å². The van der Waals surface area contributed by atoms with Gasteiger partial charge in [-0.05, 0) is 30.7 Å². The van der Waals surface area contributed by atoms with Crippen molar-refractivity contribution >= 4 is 12.0 Å². The zero-order valence-corrected chi connectivity index (χ0v) is 9.30. The van der Waals surface area contributed by atoms with Crippen molar-refractivity contribution in [3.8, 4) is 12.1 Å². The van der Waals surface area contributed by atoms with E-state index in [0.29, 0.717) is 11.1 Å². The third-order valence-corrected chi connectivity index (χ3v) is 1.94. The first kappa shape index (κ1) is 12.5. The SMILES string of the molecule is CCOC(=O)/C(C#N)=C/c1cccc(C#N)c1. The van der Waals surface area contributed by atoms with Crippen LogP contribution in [-0.2, 0) is 9.53 Å². The summed E-state index contributed by atoms with van der Waals surface area (Å²) in [5, 5.41) is 17.5. The summed E-state index contributed by atoms with van der Waals surface area (Å²) >= 11 is 0. The van der Waals surface area contributed by atoms with Crippen LogP contribution in [0.3, 0.4) is 0 Å². The summed E-state index contributed by atoms with van der Waals surface area (Å²) in [7, 11) is 0. The maximum absolute atomic E-state index is 11.4. The maximum atomic E-state index is 11.4. The Morgan fingerprint density at radius 1 is 1.47 bits per heavy atom. The summed E-state index contributed by atoms with van der Waals surface area (Å²) < 4.78 is 4.73. The number of carbonyl (C=O) groups is 1. The van der Waals surface area contributed by atoms with Gasteiger partial charge in [-0.1, -0.05) is 12.1 Å². The Kier molecular flexibility index (Phi) is 4.47. The van der Waals surface area contributed by atoms with Gasteiger partial charge in [-0.3, -0.25) is 0 Å². The number of benzene rings is 1. The van der Waals surface area contributed by atoms with Crippen LogP contribution in [0.25, 0.3) is 6.08 Å². The average molecular weight is 226 g/mol. The molecule has 0 N–H and O–H groups in total. The van der Waals surface area contributed by atoms with Gasteiger partial charge in [0.25, 0.3) is 0 Å². The Morgan fingerprint density at radius 2 is 2.24 bits per heavy atom. The molecule has 17 heavy (non-hydrogen) atoms. The normalized spacial score (nSPS) is 10.2. The maximum Gasteiger partial charge on any atom is 0.348 e. The zero-order valence-electron chi connectivity index (χ0n) is 9.30. The third-order valence-electron chi connectivity index (χ3n) is 1.94. The highest BCUT2D eigenvalue weighted by molar-refractivity contribution is 5.97. The number of esters is 1. The summed E-state index contributed by atoms with van der Waals surface area (Å²) in [4.78, 5) is 11.4. The van der Waals surface area contributed by atoms with Gasteiger partial charge in [-0.25, -0.2) is 4.79 Å². The van der Waals surface area contributed by atoms with E-state index in [-0.39, 0.29) is 12.2 Å². The standard InChI is InChI=1S/C13H10N2O2/c1-2-17-13(16)12(9-15)7-10-4-3-5-11(6-10)8-14/h3-7H,2H2,1H3/b12-7+. The number of ether oxygens (including phenoxy) is 1. The largest absolute Gasteiger partial charge is 0.462 e. The summed E-state index contributed by atoms with van der Waals surface area (Å²) in [6, 6.07) is 10.4. The number of carbonyl (C=O) groups excluding carboxylic acids is 1. The van der Waals surface area contributed by atoms with E-state index in [1.54, 1.807) is 37.3 Å². The molecule has 0 fully saturated rings. The molecule has 0 spiro atoms. The van der Waals surface area contributed by atoms with E-state index in [2.05, 4.69) is 0 Å². The Labute approximate surface area is 99.4 Å². The molecule has 4 nitrogen and oxygen atoms in total. The van der Waals surface area contributed by atoms with Gasteiger partial charge in [0, 0.05) is 0 Å². The fourth-order valence-corrected chi connectivity index (χ4v) is 1.21. The number of nitrogens with zero attached hydrogens (tertiary/aromatic N) is 2. The highest BCUT2D eigenvalue weighted by Gasteiger charge is 2.09. The summed E-state index contributed by atoms with van der Waals surface area (Å²) in [6.45, 7) is 1.89. The molecule has 0 amide bonds. The predicted octanol–water partition coefficient (Wildman–Crippen LogP) is 2.03. The molecule has 0 aromatic heterocycles. The monoisotopic (exact) mass is 226 g/mol. The van der Waals surface area contributed by atoms with Crippen LogP contribution in [0.4, 0.5) is 0 Å². The van der Waals surface area contributed by atoms with E-state index < -0.39 is 5.97 Å². The van der Waals surface area contributed by atoms with Crippen LogP contribution in [0.1, 0.15) is 18.1 Å². The molecule has 0 saturated carbocycles. The fourth-order valence-electron chi connectivity index (χ4n) is 1.21. The molecule has 0 unspecified atom stereocenters. The molecule has 4 heteroatoms. The van der Waals surface area contributed by atoms with Crippen molar-refractivity contribution in [3.05, 3.63) is 41.0 Å². The van der Waals surface area contributed by atoms with Crippen molar-refractivity contribution < 1.29 is 9.53 Å². The summed E-state index contributed by atoms with van der Waals surface area (Å²) in [5.41, 5.74) is 1.01. The number of hydrogen-bond acceptors (Lipinski definition) is 4. The van der Waals surface area contributed by atoms with E-state index in [1.165, 1.54) is 6.08 Å². The molecule has 0 aliphatic heterocycles. The molecule has 0 heterocycles. The second kappa shape index (κ2) is 6.09. The van der Waals surface area contributed by atoms with Crippen LogP contribution in [0.2, 0.25) is 0 Å². The minimum atomic E-state index is -0.655. The molecule has 0 bridgehead atoms. The van der Waals surface area contributed by atoms with E-state index in [9.17, 15) is 4.79 Å². The molecule has 1 aromatic carbocycles. The number of nitriles is 2. The Balaban J connectivity index is 3.04. The highest BCUT2D eigenvalue weighted by atomic mass is 16.5. The molecule has 0 aliphatic rings. The first-order chi connectivity index (χ1) is 8.21. The van der Waals surface area contributed by atoms with Gasteiger partial charge < -0.3 is 4.74 Å². The van der Waals surface area contributed by atoms with E-state index >= 15 is 0 Å². The first-order valence-electron chi connectivity index (χ1n) is 5.00. The lowest BCUT2D eigenvalue weighted by atomic mass is 10.1. The lowest BCUT2D eigenvalue weighted by Gasteiger charge is -1.99. The van der Waals surface area contributed by atoms with E-state index in [4.69, 9.17) is 15.3 Å². The van der Waals surface area contributed by atoms with E-state index in [0.717, 1.165) is 0 Å². The van der Waals surface area contributed by atoms with Crippen molar-refractivity contribution in [1.82, 2.24) is 0 Å². The molecule has 0 radical (unpaired) electrons. The Morgan fingerprint density at radius 3 is 2.82 bits per heavy atom. The molecule has 84 valence electrons. The molecular weight excluding hydrogens is 216 g/mol. The van der Waals surface area contributed by atoms with Crippen molar-refractivity contribution in [2.45, 2.75) is 6.92 Å². The number of rotatable bonds is 3. The topological polar surface area (TPSA) is 73.9 Å². The van der Waals surface area contributed by atoms with Crippen molar-refractivity contribution in [3.63, 3.8) is 0 Å².